The normalized spacial score (nSPS) is 17.0. The number of rotatable bonds is 7. The Morgan fingerprint density at radius 2 is 2.26 bits per heavy atom. The van der Waals surface area contributed by atoms with E-state index in [0.29, 0.717) is 12.2 Å². The number of fused-ring (bicyclic) bond motifs is 1. The van der Waals surface area contributed by atoms with Crippen molar-refractivity contribution in [1.29, 1.82) is 5.26 Å². The predicted octanol–water partition coefficient (Wildman–Crippen LogP) is 3.12. The molecule has 2 atom stereocenters. The fourth-order valence-corrected chi connectivity index (χ4v) is 5.33. The Morgan fingerprint density at radius 3 is 2.93 bits per heavy atom. The summed E-state index contributed by atoms with van der Waals surface area (Å²) in [4.78, 5) is 13.9. The van der Waals surface area contributed by atoms with Crippen molar-refractivity contribution >= 4 is 17.2 Å². The number of carbonyl (C=O) groups excluding carboxylic acids is 1. The van der Waals surface area contributed by atoms with E-state index in [-0.39, 0.29) is 24.9 Å². The van der Waals surface area contributed by atoms with E-state index in [0.717, 1.165) is 45.9 Å². The summed E-state index contributed by atoms with van der Waals surface area (Å²) in [6.07, 6.45) is 2.57. The van der Waals surface area contributed by atoms with Gasteiger partial charge in [-0.15, -0.1) is 11.3 Å². The number of benzene rings is 1. The molecule has 1 aromatic heterocycles. The Kier molecular flexibility index (Phi) is 6.15. The minimum atomic E-state index is -0.408. The zero-order valence-corrected chi connectivity index (χ0v) is 16.2. The highest BCUT2D eigenvalue weighted by molar-refractivity contribution is 7.12. The maximum absolute atomic E-state index is 11.8. The van der Waals surface area contributed by atoms with Crippen molar-refractivity contribution in [2.75, 3.05) is 13.2 Å². The zero-order chi connectivity index (χ0) is 19.4. The number of nitrogens with two attached hydrogens (primary N) is 1. The maximum Gasteiger partial charge on any atom is 0.218 e. The summed E-state index contributed by atoms with van der Waals surface area (Å²) < 4.78 is 5.77. The Hall–Kier alpha value is -2.36. The first-order valence-corrected chi connectivity index (χ1v) is 10.1. The van der Waals surface area contributed by atoms with E-state index < -0.39 is 5.91 Å². The largest absolute Gasteiger partial charge is 0.494 e. The van der Waals surface area contributed by atoms with E-state index in [1.807, 2.05) is 31.2 Å². The number of thiophene rings is 1. The number of nitriles is 1. The van der Waals surface area contributed by atoms with Crippen LogP contribution in [-0.2, 0) is 17.6 Å². The molecule has 0 saturated heterocycles. The summed E-state index contributed by atoms with van der Waals surface area (Å²) in [5.74, 6) is 0.244. The highest BCUT2D eigenvalue weighted by Gasteiger charge is 2.31. The van der Waals surface area contributed by atoms with Gasteiger partial charge in [0, 0.05) is 34.3 Å². The molecule has 2 unspecified atom stereocenters. The molecular formula is C21H24N2O3S. The van der Waals surface area contributed by atoms with E-state index in [1.54, 1.807) is 11.3 Å². The van der Waals surface area contributed by atoms with Crippen LogP contribution in [0.25, 0.3) is 0 Å². The second kappa shape index (κ2) is 8.55. The number of primary amides is 1. The van der Waals surface area contributed by atoms with Crippen molar-refractivity contribution in [3.63, 3.8) is 0 Å². The molecule has 0 radical (unpaired) electrons. The summed E-state index contributed by atoms with van der Waals surface area (Å²) in [7, 11) is 0. The lowest BCUT2D eigenvalue weighted by Crippen LogP contribution is -2.17. The number of aliphatic hydroxyl groups is 1. The van der Waals surface area contributed by atoms with Gasteiger partial charge in [0.05, 0.1) is 12.2 Å². The van der Waals surface area contributed by atoms with Crippen LogP contribution >= 0.6 is 11.3 Å². The molecule has 142 valence electrons. The molecule has 5 nitrogen and oxygen atoms in total. The monoisotopic (exact) mass is 384 g/mol. The van der Waals surface area contributed by atoms with Crippen LogP contribution in [0, 0.1) is 17.2 Å². The Bertz CT molecular complexity index is 869. The fraction of sp³-hybridized carbons (Fsp3) is 0.429. The van der Waals surface area contributed by atoms with Gasteiger partial charge in [-0.1, -0.05) is 18.2 Å². The van der Waals surface area contributed by atoms with Gasteiger partial charge in [-0.2, -0.15) is 5.26 Å². The van der Waals surface area contributed by atoms with Crippen LogP contribution in [0.1, 0.15) is 52.1 Å². The van der Waals surface area contributed by atoms with Gasteiger partial charge in [-0.3, -0.25) is 4.79 Å². The number of aliphatic hydroxyl groups excluding tert-OH is 1. The van der Waals surface area contributed by atoms with Crippen molar-refractivity contribution in [2.45, 2.75) is 38.5 Å². The number of hydrogen-bond acceptors (Lipinski definition) is 5. The second-order valence-electron chi connectivity index (χ2n) is 6.84. The van der Waals surface area contributed by atoms with E-state index >= 15 is 0 Å². The third kappa shape index (κ3) is 4.00. The van der Waals surface area contributed by atoms with Crippen molar-refractivity contribution in [3.05, 3.63) is 50.7 Å². The van der Waals surface area contributed by atoms with Gasteiger partial charge in [0.1, 0.15) is 11.8 Å². The molecule has 3 rings (SSSR count). The van der Waals surface area contributed by atoms with Crippen molar-refractivity contribution in [2.24, 2.45) is 11.7 Å². The molecule has 0 bridgehead atoms. The molecule has 1 amide bonds. The zero-order valence-electron chi connectivity index (χ0n) is 15.4. The summed E-state index contributed by atoms with van der Waals surface area (Å²) in [6, 6.07) is 9.99. The third-order valence-corrected chi connectivity index (χ3v) is 6.45. The standard InChI is InChI=1S/C21H24N2O3S/c1-2-26-18-6-4-3-5-14(18)16(10-20(23)25)21-17(11-22)15-8-7-13(12-24)9-19(15)27-21/h3-6,13,16,24H,2,7-10,12H2,1H3,(H2,23,25). The second-order valence-corrected chi connectivity index (χ2v) is 7.98. The first-order chi connectivity index (χ1) is 13.1. The topological polar surface area (TPSA) is 96.3 Å². The molecule has 1 heterocycles. The average molecular weight is 385 g/mol. The molecule has 6 heteroatoms. The third-order valence-electron chi connectivity index (χ3n) is 5.08. The lowest BCUT2D eigenvalue weighted by Gasteiger charge is -2.19. The highest BCUT2D eigenvalue weighted by atomic mass is 32.1. The van der Waals surface area contributed by atoms with E-state index in [2.05, 4.69) is 6.07 Å². The van der Waals surface area contributed by atoms with Gasteiger partial charge in [0.25, 0.3) is 0 Å². The minimum absolute atomic E-state index is 0.127. The lowest BCUT2D eigenvalue weighted by atomic mass is 9.85. The van der Waals surface area contributed by atoms with Crippen LogP contribution in [0.15, 0.2) is 24.3 Å². The van der Waals surface area contributed by atoms with Crippen molar-refractivity contribution < 1.29 is 14.6 Å². The van der Waals surface area contributed by atoms with E-state index in [4.69, 9.17) is 10.5 Å². The van der Waals surface area contributed by atoms with Crippen LogP contribution in [0.2, 0.25) is 0 Å². The molecular weight excluding hydrogens is 360 g/mol. The first-order valence-electron chi connectivity index (χ1n) is 9.24. The molecule has 0 spiro atoms. The van der Waals surface area contributed by atoms with E-state index in [9.17, 15) is 15.2 Å². The number of nitrogens with zero attached hydrogens (tertiary/aromatic N) is 1. The Labute approximate surface area is 163 Å². The fourth-order valence-electron chi connectivity index (χ4n) is 3.80. The molecule has 0 saturated carbocycles. The number of hydrogen-bond donors (Lipinski definition) is 2. The highest BCUT2D eigenvalue weighted by Crippen LogP contribution is 2.44. The van der Waals surface area contributed by atoms with Gasteiger partial charge < -0.3 is 15.6 Å². The average Bonchev–Trinajstić information content (AvgIpc) is 3.04. The number of amides is 1. The van der Waals surface area contributed by atoms with E-state index in [1.165, 1.54) is 0 Å². The van der Waals surface area contributed by atoms with Crippen LogP contribution in [0.5, 0.6) is 5.75 Å². The lowest BCUT2D eigenvalue weighted by molar-refractivity contribution is -0.118. The smallest absolute Gasteiger partial charge is 0.218 e. The van der Waals surface area contributed by atoms with Gasteiger partial charge in [0.2, 0.25) is 5.91 Å². The van der Waals surface area contributed by atoms with Crippen LogP contribution < -0.4 is 10.5 Å². The van der Waals surface area contributed by atoms with Gasteiger partial charge >= 0.3 is 0 Å². The summed E-state index contributed by atoms with van der Waals surface area (Å²) in [5.41, 5.74) is 8.18. The van der Waals surface area contributed by atoms with Crippen LogP contribution in [-0.4, -0.2) is 24.2 Å². The molecule has 3 N–H and O–H groups in total. The van der Waals surface area contributed by atoms with Crippen LogP contribution in [0.4, 0.5) is 0 Å². The minimum Gasteiger partial charge on any atom is -0.494 e. The SMILES string of the molecule is CCOc1ccccc1C(CC(N)=O)c1sc2c(c1C#N)CCC(CO)C2. The molecule has 1 aliphatic carbocycles. The molecule has 0 aliphatic heterocycles. The van der Waals surface area contributed by atoms with Gasteiger partial charge in [-0.25, -0.2) is 0 Å². The molecule has 2 aromatic rings. The number of ether oxygens (including phenoxy) is 1. The summed E-state index contributed by atoms with van der Waals surface area (Å²) in [6.45, 7) is 2.59. The Morgan fingerprint density at radius 1 is 1.48 bits per heavy atom. The molecule has 0 fully saturated rings. The predicted molar refractivity (Wildman–Crippen MR) is 105 cm³/mol. The molecule has 1 aliphatic rings. The first kappa shape index (κ1) is 19.4. The van der Waals surface area contributed by atoms with Crippen molar-refractivity contribution in [3.8, 4) is 11.8 Å². The summed E-state index contributed by atoms with van der Waals surface area (Å²) >= 11 is 1.58. The van der Waals surface area contributed by atoms with Crippen LogP contribution in [0.3, 0.4) is 0 Å². The maximum atomic E-state index is 11.8. The Balaban J connectivity index is 2.11. The van der Waals surface area contributed by atoms with Gasteiger partial charge in [-0.05, 0) is 43.7 Å². The number of carbonyl (C=O) groups is 1. The molecule has 27 heavy (non-hydrogen) atoms. The molecule has 1 aromatic carbocycles. The summed E-state index contributed by atoms with van der Waals surface area (Å²) in [5, 5.41) is 19.4. The van der Waals surface area contributed by atoms with Gasteiger partial charge in [0.15, 0.2) is 0 Å². The number of para-hydroxylation sites is 1. The quantitative estimate of drug-likeness (QED) is 0.766. The van der Waals surface area contributed by atoms with Crippen molar-refractivity contribution in [1.82, 2.24) is 0 Å².